The van der Waals surface area contributed by atoms with E-state index >= 15 is 0 Å². The van der Waals surface area contributed by atoms with Gasteiger partial charge in [-0.25, -0.2) is 0 Å². The lowest BCUT2D eigenvalue weighted by molar-refractivity contribution is -0.112. The van der Waals surface area contributed by atoms with Crippen LogP contribution in [0.2, 0.25) is 0 Å². The molecule has 1 aromatic rings. The van der Waals surface area contributed by atoms with E-state index in [2.05, 4.69) is 17.9 Å². The normalized spacial score (nSPS) is 14.5. The molecular formula is C11H9NO2S. The van der Waals surface area contributed by atoms with E-state index < -0.39 is 11.7 Å². The van der Waals surface area contributed by atoms with Gasteiger partial charge < -0.3 is 5.32 Å². The van der Waals surface area contributed by atoms with Crippen molar-refractivity contribution in [2.75, 3.05) is 11.1 Å². The van der Waals surface area contributed by atoms with Gasteiger partial charge in [-0.2, -0.15) is 12.6 Å². The molecule has 0 radical (unpaired) electrons. The maximum Gasteiger partial charge on any atom is 0.296 e. The van der Waals surface area contributed by atoms with E-state index in [1.165, 1.54) is 0 Å². The molecule has 1 aromatic carbocycles. The van der Waals surface area contributed by atoms with Crippen LogP contribution < -0.4 is 5.32 Å². The Balaban J connectivity index is 2.37. The molecule has 4 heteroatoms. The zero-order chi connectivity index (χ0) is 10.8. The highest BCUT2D eigenvalue weighted by molar-refractivity contribution is 7.80. The predicted molar refractivity (Wildman–Crippen MR) is 62.3 cm³/mol. The number of Topliss-reactive ketones (excluding diaryl/α,β-unsaturated/α-hetero) is 1. The van der Waals surface area contributed by atoms with Gasteiger partial charge in [0.15, 0.2) is 0 Å². The van der Waals surface area contributed by atoms with Crippen LogP contribution in [0, 0.1) is 0 Å². The van der Waals surface area contributed by atoms with Crippen LogP contribution in [0.3, 0.4) is 0 Å². The van der Waals surface area contributed by atoms with Gasteiger partial charge in [0.1, 0.15) is 0 Å². The van der Waals surface area contributed by atoms with Gasteiger partial charge in [0, 0.05) is 5.75 Å². The van der Waals surface area contributed by atoms with Gasteiger partial charge in [0.25, 0.3) is 11.7 Å². The van der Waals surface area contributed by atoms with Crippen molar-refractivity contribution in [3.8, 4) is 0 Å². The minimum Gasteiger partial charge on any atom is -0.318 e. The Morgan fingerprint density at radius 2 is 2.13 bits per heavy atom. The summed E-state index contributed by atoms with van der Waals surface area (Å²) in [6.45, 7) is 0. The van der Waals surface area contributed by atoms with Gasteiger partial charge in [0.05, 0.1) is 11.3 Å². The highest BCUT2D eigenvalue weighted by atomic mass is 32.1. The zero-order valence-corrected chi connectivity index (χ0v) is 8.75. The largest absolute Gasteiger partial charge is 0.318 e. The monoisotopic (exact) mass is 219 g/mol. The summed E-state index contributed by atoms with van der Waals surface area (Å²) in [5.41, 5.74) is 1.98. The number of thiol groups is 1. The molecule has 0 aromatic heterocycles. The number of rotatable bonds is 2. The highest BCUT2D eigenvalue weighted by Gasteiger charge is 2.27. The average Bonchev–Trinajstić information content (AvgIpc) is 2.52. The number of fused-ring (bicyclic) bond motifs is 1. The van der Waals surface area contributed by atoms with Crippen LogP contribution >= 0.6 is 12.6 Å². The number of ketones is 1. The number of carbonyl (C=O) groups excluding carboxylic acids is 2. The van der Waals surface area contributed by atoms with Crippen LogP contribution in [0.4, 0.5) is 5.69 Å². The number of hydrogen-bond acceptors (Lipinski definition) is 3. The topological polar surface area (TPSA) is 46.2 Å². The average molecular weight is 219 g/mol. The van der Waals surface area contributed by atoms with E-state index in [4.69, 9.17) is 0 Å². The van der Waals surface area contributed by atoms with Gasteiger partial charge in [-0.15, -0.1) is 0 Å². The Morgan fingerprint density at radius 1 is 1.33 bits per heavy atom. The fourth-order valence-electron chi connectivity index (χ4n) is 1.46. The van der Waals surface area contributed by atoms with Gasteiger partial charge in [-0.1, -0.05) is 18.2 Å². The number of anilines is 1. The maximum atomic E-state index is 11.3. The third-order valence-electron chi connectivity index (χ3n) is 2.16. The third kappa shape index (κ3) is 1.80. The number of carbonyl (C=O) groups is 2. The van der Waals surface area contributed by atoms with Crippen LogP contribution in [0.15, 0.2) is 24.3 Å². The lowest BCUT2D eigenvalue weighted by Crippen LogP contribution is -2.12. The number of nitrogens with one attached hydrogen (secondary N) is 1. The van der Waals surface area contributed by atoms with Crippen molar-refractivity contribution >= 4 is 36.1 Å². The molecule has 76 valence electrons. The Hall–Kier alpha value is -1.55. The molecule has 0 atom stereocenters. The first-order valence-electron chi connectivity index (χ1n) is 4.49. The third-order valence-corrected chi connectivity index (χ3v) is 2.37. The van der Waals surface area contributed by atoms with Gasteiger partial charge >= 0.3 is 0 Å². The summed E-state index contributed by atoms with van der Waals surface area (Å²) < 4.78 is 0. The minimum atomic E-state index is -0.555. The number of benzene rings is 1. The molecule has 0 spiro atoms. The van der Waals surface area contributed by atoms with E-state index in [9.17, 15) is 9.59 Å². The molecule has 1 aliphatic heterocycles. The molecule has 0 saturated heterocycles. The summed E-state index contributed by atoms with van der Waals surface area (Å²) in [5, 5.41) is 2.52. The molecule has 2 rings (SSSR count). The summed E-state index contributed by atoms with van der Waals surface area (Å²) >= 11 is 4.05. The van der Waals surface area contributed by atoms with Crippen LogP contribution in [-0.2, 0) is 4.79 Å². The van der Waals surface area contributed by atoms with E-state index in [1.54, 1.807) is 18.2 Å². The summed E-state index contributed by atoms with van der Waals surface area (Å²) in [6.07, 6.45) is 3.78. The quantitative estimate of drug-likeness (QED) is 0.588. The fraction of sp³-hybridized carbons (Fsp3) is 0.0909. The molecule has 1 aliphatic rings. The van der Waals surface area contributed by atoms with Crippen LogP contribution in [0.1, 0.15) is 15.9 Å². The smallest absolute Gasteiger partial charge is 0.296 e. The first-order valence-corrected chi connectivity index (χ1v) is 5.13. The van der Waals surface area contributed by atoms with Crippen molar-refractivity contribution in [2.45, 2.75) is 0 Å². The standard InChI is InChI=1S/C11H9NO2S/c13-10-8-4-3-7(2-1-5-15)6-9(8)12-11(10)14/h1-4,6,15H,5H2,(H,12,13,14). The summed E-state index contributed by atoms with van der Waals surface area (Å²) in [5.74, 6) is -0.363. The van der Waals surface area contributed by atoms with Gasteiger partial charge in [-0.05, 0) is 17.7 Å². The fourth-order valence-corrected chi connectivity index (χ4v) is 1.56. The lowest BCUT2D eigenvalue weighted by atomic mass is 10.1. The molecule has 0 fully saturated rings. The Morgan fingerprint density at radius 3 is 2.87 bits per heavy atom. The van der Waals surface area contributed by atoms with Crippen molar-refractivity contribution in [3.05, 3.63) is 35.4 Å². The van der Waals surface area contributed by atoms with Gasteiger partial charge in [0.2, 0.25) is 0 Å². The second-order valence-corrected chi connectivity index (χ2v) is 3.54. The second kappa shape index (κ2) is 3.90. The maximum absolute atomic E-state index is 11.3. The molecule has 1 N–H and O–H groups in total. The molecule has 0 aliphatic carbocycles. The van der Waals surface area contributed by atoms with Crippen molar-refractivity contribution in [2.24, 2.45) is 0 Å². The molecular weight excluding hydrogens is 210 g/mol. The molecule has 3 nitrogen and oxygen atoms in total. The number of hydrogen-bond donors (Lipinski definition) is 2. The van der Waals surface area contributed by atoms with Gasteiger partial charge in [-0.3, -0.25) is 9.59 Å². The zero-order valence-electron chi connectivity index (χ0n) is 7.86. The van der Waals surface area contributed by atoms with Crippen LogP contribution in [0.5, 0.6) is 0 Å². The first-order chi connectivity index (χ1) is 7.22. The van der Waals surface area contributed by atoms with Crippen molar-refractivity contribution < 1.29 is 9.59 Å². The van der Waals surface area contributed by atoms with Crippen LogP contribution in [0.25, 0.3) is 6.08 Å². The van der Waals surface area contributed by atoms with Crippen molar-refractivity contribution in [1.82, 2.24) is 0 Å². The molecule has 1 heterocycles. The molecule has 0 unspecified atom stereocenters. The summed E-state index contributed by atoms with van der Waals surface area (Å²) in [6, 6.07) is 5.24. The minimum absolute atomic E-state index is 0.447. The molecule has 1 amide bonds. The SMILES string of the molecule is O=C1Nc2cc(C=CCS)ccc2C1=O. The Labute approximate surface area is 92.6 Å². The molecule has 15 heavy (non-hydrogen) atoms. The Bertz CT molecular complexity index is 466. The van der Waals surface area contributed by atoms with Crippen LogP contribution in [-0.4, -0.2) is 17.4 Å². The van der Waals surface area contributed by atoms with E-state index in [-0.39, 0.29) is 0 Å². The second-order valence-electron chi connectivity index (χ2n) is 3.17. The predicted octanol–water partition coefficient (Wildman–Crippen LogP) is 1.76. The van der Waals surface area contributed by atoms with E-state index in [1.807, 2.05) is 12.2 Å². The summed E-state index contributed by atoms with van der Waals surface area (Å²) in [4.78, 5) is 22.3. The molecule has 0 bridgehead atoms. The first kappa shape index (κ1) is 9.98. The van der Waals surface area contributed by atoms with Crippen molar-refractivity contribution in [1.29, 1.82) is 0 Å². The van der Waals surface area contributed by atoms with Crippen molar-refractivity contribution in [3.63, 3.8) is 0 Å². The van der Waals surface area contributed by atoms with E-state index in [0.29, 0.717) is 17.0 Å². The molecule has 0 saturated carbocycles. The number of amides is 1. The highest BCUT2D eigenvalue weighted by Crippen LogP contribution is 2.24. The Kier molecular flexibility index (Phi) is 2.60. The van der Waals surface area contributed by atoms with E-state index in [0.717, 1.165) is 5.56 Å². The summed E-state index contributed by atoms with van der Waals surface area (Å²) in [7, 11) is 0. The lowest BCUT2D eigenvalue weighted by Gasteiger charge is -1.98.